The summed E-state index contributed by atoms with van der Waals surface area (Å²) >= 11 is 0.900. The van der Waals surface area contributed by atoms with Crippen molar-refractivity contribution < 1.29 is 19.1 Å². The number of hydrogen-bond donors (Lipinski definition) is 1. The van der Waals surface area contributed by atoms with E-state index >= 15 is 0 Å². The van der Waals surface area contributed by atoms with Crippen LogP contribution in [0, 0.1) is 0 Å². The Hall–Kier alpha value is -3.06. The highest BCUT2D eigenvalue weighted by molar-refractivity contribution is 8.18. The van der Waals surface area contributed by atoms with Crippen LogP contribution >= 0.6 is 11.8 Å². The number of hydrogen-bond acceptors (Lipinski definition) is 5. The van der Waals surface area contributed by atoms with E-state index in [1.54, 1.807) is 49.4 Å². The lowest BCUT2D eigenvalue weighted by atomic mass is 10.2. The average Bonchev–Trinajstić information content (AvgIpc) is 2.94. The lowest BCUT2D eigenvalue weighted by Crippen LogP contribution is -2.27. The number of imide groups is 1. The fraction of sp³-hybridized carbons (Fsp3) is 0.150. The molecule has 0 aromatic heterocycles. The standard InChI is InChI=1S/C20H18N2O4S/c1-2-22-19(24)17(27-20(22)25)12-14-8-6-7-11-16(14)26-13-18(23)21-15-9-4-3-5-10-15/h3-12H,2,13H2,1H3,(H,21,23)/b17-12+. The predicted octanol–water partition coefficient (Wildman–Crippen LogP) is 3.76. The van der Waals surface area contributed by atoms with Gasteiger partial charge in [0.25, 0.3) is 17.1 Å². The summed E-state index contributed by atoms with van der Waals surface area (Å²) < 4.78 is 5.62. The van der Waals surface area contributed by atoms with Crippen LogP contribution in [0.25, 0.3) is 6.08 Å². The zero-order valence-corrected chi connectivity index (χ0v) is 15.5. The molecular weight excluding hydrogens is 364 g/mol. The molecule has 0 saturated carbocycles. The van der Waals surface area contributed by atoms with Gasteiger partial charge in [-0.2, -0.15) is 0 Å². The van der Waals surface area contributed by atoms with Crippen LogP contribution < -0.4 is 10.1 Å². The van der Waals surface area contributed by atoms with Crippen molar-refractivity contribution in [3.8, 4) is 5.75 Å². The smallest absolute Gasteiger partial charge is 0.293 e. The number of para-hydroxylation sites is 2. The van der Waals surface area contributed by atoms with Crippen molar-refractivity contribution in [3.05, 3.63) is 65.1 Å². The molecule has 0 radical (unpaired) electrons. The quantitative estimate of drug-likeness (QED) is 0.770. The van der Waals surface area contributed by atoms with E-state index in [0.29, 0.717) is 28.5 Å². The number of likely N-dealkylation sites (N-methyl/N-ethyl adjacent to an activating group) is 1. The first kappa shape index (κ1) is 18.7. The predicted molar refractivity (Wildman–Crippen MR) is 105 cm³/mol. The Labute approximate surface area is 161 Å². The molecule has 3 amide bonds. The number of amides is 3. The van der Waals surface area contributed by atoms with E-state index in [0.717, 1.165) is 11.8 Å². The first-order valence-electron chi connectivity index (χ1n) is 8.40. The van der Waals surface area contributed by atoms with E-state index in [9.17, 15) is 14.4 Å². The Kier molecular flexibility index (Phi) is 5.93. The number of thioether (sulfide) groups is 1. The normalized spacial score (nSPS) is 15.3. The monoisotopic (exact) mass is 382 g/mol. The molecule has 1 aliphatic heterocycles. The number of anilines is 1. The first-order chi connectivity index (χ1) is 13.1. The van der Waals surface area contributed by atoms with Crippen molar-refractivity contribution in [2.45, 2.75) is 6.92 Å². The topological polar surface area (TPSA) is 75.7 Å². The number of benzene rings is 2. The lowest BCUT2D eigenvalue weighted by molar-refractivity contribution is -0.122. The largest absolute Gasteiger partial charge is 0.483 e. The summed E-state index contributed by atoms with van der Waals surface area (Å²) in [7, 11) is 0. The Balaban J connectivity index is 1.69. The summed E-state index contributed by atoms with van der Waals surface area (Å²) in [5.41, 5.74) is 1.32. The fourth-order valence-electron chi connectivity index (χ4n) is 2.51. The lowest BCUT2D eigenvalue weighted by Gasteiger charge is -2.10. The second kappa shape index (κ2) is 8.55. The summed E-state index contributed by atoms with van der Waals surface area (Å²) in [4.78, 5) is 37.7. The molecule has 1 saturated heterocycles. The molecule has 0 spiro atoms. The highest BCUT2D eigenvalue weighted by atomic mass is 32.2. The van der Waals surface area contributed by atoms with Gasteiger partial charge in [0.05, 0.1) is 4.91 Å². The Bertz CT molecular complexity index is 896. The minimum Gasteiger partial charge on any atom is -0.483 e. The highest BCUT2D eigenvalue weighted by Gasteiger charge is 2.33. The van der Waals surface area contributed by atoms with E-state index in [4.69, 9.17) is 4.74 Å². The summed E-state index contributed by atoms with van der Waals surface area (Å²) in [6.45, 7) is 1.91. The van der Waals surface area contributed by atoms with Crippen LogP contribution in [0.2, 0.25) is 0 Å². The summed E-state index contributed by atoms with van der Waals surface area (Å²) in [5.74, 6) is -0.143. The van der Waals surface area contributed by atoms with Crippen LogP contribution in [0.3, 0.4) is 0 Å². The van der Waals surface area contributed by atoms with Gasteiger partial charge < -0.3 is 10.1 Å². The molecule has 1 aliphatic rings. The molecule has 2 aromatic carbocycles. The summed E-state index contributed by atoms with van der Waals surface area (Å²) in [6, 6.07) is 16.2. The van der Waals surface area contributed by atoms with Gasteiger partial charge in [-0.3, -0.25) is 19.3 Å². The number of nitrogens with zero attached hydrogens (tertiary/aromatic N) is 1. The van der Waals surface area contributed by atoms with Crippen LogP contribution in [0.15, 0.2) is 59.5 Å². The maximum Gasteiger partial charge on any atom is 0.293 e. The second-order valence-electron chi connectivity index (χ2n) is 5.67. The van der Waals surface area contributed by atoms with Gasteiger partial charge >= 0.3 is 0 Å². The maximum absolute atomic E-state index is 12.2. The molecule has 0 aliphatic carbocycles. The van der Waals surface area contributed by atoms with Crippen molar-refractivity contribution in [1.82, 2.24) is 4.90 Å². The molecule has 6 nitrogen and oxygen atoms in total. The SMILES string of the molecule is CCN1C(=O)S/C(=C/c2ccccc2OCC(=O)Nc2ccccc2)C1=O. The van der Waals surface area contributed by atoms with Crippen molar-refractivity contribution in [3.63, 3.8) is 0 Å². The highest BCUT2D eigenvalue weighted by Crippen LogP contribution is 2.33. The third kappa shape index (κ3) is 4.57. The molecule has 0 atom stereocenters. The molecule has 3 rings (SSSR count). The minimum atomic E-state index is -0.316. The van der Waals surface area contributed by atoms with Gasteiger partial charge in [-0.15, -0.1) is 0 Å². The van der Waals surface area contributed by atoms with Gasteiger partial charge in [-0.1, -0.05) is 36.4 Å². The van der Waals surface area contributed by atoms with E-state index in [1.807, 2.05) is 18.2 Å². The molecule has 7 heteroatoms. The molecule has 2 aromatic rings. The van der Waals surface area contributed by atoms with E-state index in [2.05, 4.69) is 5.32 Å². The first-order valence-corrected chi connectivity index (χ1v) is 9.22. The van der Waals surface area contributed by atoms with Crippen LogP contribution in [0.5, 0.6) is 5.75 Å². The minimum absolute atomic E-state index is 0.170. The third-order valence-corrected chi connectivity index (χ3v) is 4.72. The van der Waals surface area contributed by atoms with Crippen molar-refractivity contribution in [2.24, 2.45) is 0 Å². The van der Waals surface area contributed by atoms with Gasteiger partial charge in [-0.05, 0) is 43.0 Å². The number of nitrogens with one attached hydrogen (secondary N) is 1. The van der Waals surface area contributed by atoms with Crippen molar-refractivity contribution in [1.29, 1.82) is 0 Å². The fourth-order valence-corrected chi connectivity index (χ4v) is 3.40. The van der Waals surface area contributed by atoms with Gasteiger partial charge in [0.2, 0.25) is 0 Å². The third-order valence-electron chi connectivity index (χ3n) is 3.81. The zero-order chi connectivity index (χ0) is 19.2. The van der Waals surface area contributed by atoms with Gasteiger partial charge in [0, 0.05) is 17.8 Å². The Morgan fingerprint density at radius 1 is 1.11 bits per heavy atom. The second-order valence-corrected chi connectivity index (χ2v) is 6.66. The van der Waals surface area contributed by atoms with Crippen molar-refractivity contribution in [2.75, 3.05) is 18.5 Å². The molecule has 1 fully saturated rings. The molecule has 138 valence electrons. The number of ether oxygens (including phenoxy) is 1. The van der Waals surface area contributed by atoms with Gasteiger partial charge in [0.15, 0.2) is 6.61 Å². The Morgan fingerprint density at radius 2 is 1.81 bits per heavy atom. The average molecular weight is 382 g/mol. The molecule has 27 heavy (non-hydrogen) atoms. The zero-order valence-electron chi connectivity index (χ0n) is 14.7. The summed E-state index contributed by atoms with van der Waals surface area (Å²) in [6.07, 6.45) is 1.62. The number of rotatable bonds is 6. The molecule has 1 heterocycles. The maximum atomic E-state index is 12.2. The number of carbonyl (C=O) groups excluding carboxylic acids is 3. The van der Waals surface area contributed by atoms with Crippen LogP contribution in [0.4, 0.5) is 10.5 Å². The molecular formula is C20H18N2O4S. The van der Waals surface area contributed by atoms with E-state index in [-0.39, 0.29) is 23.7 Å². The van der Waals surface area contributed by atoms with Gasteiger partial charge in [0.1, 0.15) is 5.75 Å². The molecule has 0 bridgehead atoms. The molecule has 1 N–H and O–H groups in total. The van der Waals surface area contributed by atoms with Crippen molar-refractivity contribution >= 4 is 40.6 Å². The summed E-state index contributed by atoms with van der Waals surface area (Å²) in [5, 5.41) is 2.46. The number of carbonyl (C=O) groups is 3. The van der Waals surface area contributed by atoms with E-state index < -0.39 is 0 Å². The van der Waals surface area contributed by atoms with Crippen LogP contribution in [-0.4, -0.2) is 35.1 Å². The Morgan fingerprint density at radius 3 is 2.52 bits per heavy atom. The van der Waals surface area contributed by atoms with E-state index in [1.165, 1.54) is 4.90 Å². The van der Waals surface area contributed by atoms with Gasteiger partial charge in [-0.25, -0.2) is 0 Å². The van der Waals surface area contributed by atoms with Crippen LogP contribution in [-0.2, 0) is 9.59 Å². The van der Waals surface area contributed by atoms with Crippen LogP contribution in [0.1, 0.15) is 12.5 Å². The molecule has 0 unspecified atom stereocenters.